The van der Waals surface area contributed by atoms with Crippen LogP contribution in [-0.4, -0.2) is 12.5 Å². The summed E-state index contributed by atoms with van der Waals surface area (Å²) in [6.45, 7) is 0. The van der Waals surface area contributed by atoms with E-state index in [0.29, 0.717) is 15.6 Å². The third kappa shape index (κ3) is 1.76. The number of benzene rings is 1. The van der Waals surface area contributed by atoms with Crippen molar-refractivity contribution in [2.24, 2.45) is 0 Å². The highest BCUT2D eigenvalue weighted by atomic mass is 35.5. The van der Waals surface area contributed by atoms with E-state index in [1.165, 1.54) is 11.8 Å². The molecule has 1 nitrogen and oxygen atoms in total. The van der Waals surface area contributed by atoms with Crippen LogP contribution in [0.3, 0.4) is 0 Å². The third-order valence-electron chi connectivity index (χ3n) is 1.41. The number of halogens is 2. The van der Waals surface area contributed by atoms with Crippen molar-refractivity contribution in [2.45, 2.75) is 4.90 Å². The molecule has 0 atom stereocenters. The Kier molecular flexibility index (Phi) is 3.44. The van der Waals surface area contributed by atoms with Crippen LogP contribution in [0.2, 0.25) is 10.0 Å². The number of carbonyl (C=O) groups excluding carboxylic acids is 1. The Labute approximate surface area is 85.1 Å². The molecule has 0 aliphatic heterocycles. The average Bonchev–Trinajstić information content (AvgIpc) is 2.06. The lowest BCUT2D eigenvalue weighted by Gasteiger charge is -2.04. The zero-order chi connectivity index (χ0) is 9.14. The Bertz CT molecular complexity index is 312. The van der Waals surface area contributed by atoms with Gasteiger partial charge in [0.05, 0.1) is 10.0 Å². The number of hydrogen-bond acceptors (Lipinski definition) is 2. The number of rotatable bonds is 2. The SMILES string of the molecule is CSc1c(Cl)ccc(C=O)c1Cl. The molecule has 12 heavy (non-hydrogen) atoms. The second-order valence-electron chi connectivity index (χ2n) is 2.10. The van der Waals surface area contributed by atoms with Gasteiger partial charge in [-0.3, -0.25) is 4.79 Å². The molecule has 64 valence electrons. The molecule has 0 bridgehead atoms. The van der Waals surface area contributed by atoms with E-state index in [0.717, 1.165) is 11.2 Å². The number of thioether (sulfide) groups is 1. The van der Waals surface area contributed by atoms with Crippen LogP contribution in [0.25, 0.3) is 0 Å². The standard InChI is InChI=1S/C8H6Cl2OS/c1-12-8-6(9)3-2-5(4-11)7(8)10/h2-4H,1H3. The van der Waals surface area contributed by atoms with Crippen LogP contribution in [0.1, 0.15) is 10.4 Å². The second kappa shape index (κ2) is 4.17. The summed E-state index contributed by atoms with van der Waals surface area (Å²) in [5.74, 6) is 0. The Morgan fingerprint density at radius 2 is 2.08 bits per heavy atom. The molecule has 0 spiro atoms. The summed E-state index contributed by atoms with van der Waals surface area (Å²) >= 11 is 13.1. The molecule has 0 unspecified atom stereocenters. The fourth-order valence-electron chi connectivity index (χ4n) is 0.826. The molecule has 0 radical (unpaired) electrons. The predicted octanol–water partition coefficient (Wildman–Crippen LogP) is 3.53. The van der Waals surface area contributed by atoms with Crippen LogP contribution in [-0.2, 0) is 0 Å². The molecular weight excluding hydrogens is 215 g/mol. The molecule has 0 N–H and O–H groups in total. The summed E-state index contributed by atoms with van der Waals surface area (Å²) in [6, 6.07) is 3.28. The first-order valence-electron chi connectivity index (χ1n) is 3.18. The molecule has 0 heterocycles. The van der Waals surface area contributed by atoms with E-state index in [-0.39, 0.29) is 0 Å². The summed E-state index contributed by atoms with van der Waals surface area (Å²) in [7, 11) is 0. The third-order valence-corrected chi connectivity index (χ3v) is 3.19. The summed E-state index contributed by atoms with van der Waals surface area (Å²) in [5, 5.41) is 1.02. The van der Waals surface area contributed by atoms with E-state index in [1.54, 1.807) is 12.1 Å². The van der Waals surface area contributed by atoms with Crippen molar-refractivity contribution < 1.29 is 4.79 Å². The fourth-order valence-corrected chi connectivity index (χ4v) is 2.26. The predicted molar refractivity (Wildman–Crippen MR) is 53.6 cm³/mol. The molecule has 1 aromatic rings. The van der Waals surface area contributed by atoms with Crippen LogP contribution < -0.4 is 0 Å². The van der Waals surface area contributed by atoms with E-state index in [9.17, 15) is 4.79 Å². The minimum Gasteiger partial charge on any atom is -0.298 e. The van der Waals surface area contributed by atoms with Crippen molar-refractivity contribution >= 4 is 41.2 Å². The Morgan fingerprint density at radius 1 is 1.42 bits per heavy atom. The summed E-state index contributed by atoms with van der Waals surface area (Å²) in [5.41, 5.74) is 0.477. The van der Waals surface area contributed by atoms with Gasteiger partial charge in [-0.25, -0.2) is 0 Å². The quantitative estimate of drug-likeness (QED) is 0.561. The van der Waals surface area contributed by atoms with Crippen molar-refractivity contribution in [2.75, 3.05) is 6.26 Å². The van der Waals surface area contributed by atoms with Crippen molar-refractivity contribution in [1.82, 2.24) is 0 Å². The molecule has 0 amide bonds. The van der Waals surface area contributed by atoms with Gasteiger partial charge in [0, 0.05) is 10.5 Å². The first kappa shape index (κ1) is 9.90. The van der Waals surface area contributed by atoms with Crippen LogP contribution in [0.4, 0.5) is 0 Å². The maximum absolute atomic E-state index is 10.5. The van der Waals surface area contributed by atoms with Crippen LogP contribution in [0.15, 0.2) is 17.0 Å². The zero-order valence-corrected chi connectivity index (χ0v) is 8.63. The largest absolute Gasteiger partial charge is 0.298 e. The van der Waals surface area contributed by atoms with E-state index in [1.807, 2.05) is 6.26 Å². The molecule has 4 heteroatoms. The van der Waals surface area contributed by atoms with Crippen LogP contribution in [0.5, 0.6) is 0 Å². The van der Waals surface area contributed by atoms with Crippen molar-refractivity contribution in [3.63, 3.8) is 0 Å². The highest BCUT2D eigenvalue weighted by Gasteiger charge is 2.08. The topological polar surface area (TPSA) is 17.1 Å². The number of aldehydes is 1. The second-order valence-corrected chi connectivity index (χ2v) is 3.70. The summed E-state index contributed by atoms with van der Waals surface area (Å²) in [6.07, 6.45) is 2.58. The van der Waals surface area contributed by atoms with Gasteiger partial charge in [-0.1, -0.05) is 23.2 Å². The van der Waals surface area contributed by atoms with Crippen molar-refractivity contribution in [1.29, 1.82) is 0 Å². The molecule has 0 fully saturated rings. The molecule has 0 aromatic heterocycles. The Balaban J connectivity index is 3.33. The van der Waals surface area contributed by atoms with Gasteiger partial charge < -0.3 is 0 Å². The van der Waals surface area contributed by atoms with Crippen LogP contribution >= 0.6 is 35.0 Å². The molecule has 1 aromatic carbocycles. The molecule has 0 aliphatic rings. The monoisotopic (exact) mass is 220 g/mol. The molecule has 0 saturated carbocycles. The lowest BCUT2D eigenvalue weighted by atomic mass is 10.2. The van der Waals surface area contributed by atoms with Gasteiger partial charge >= 0.3 is 0 Å². The number of hydrogen-bond donors (Lipinski definition) is 0. The van der Waals surface area contributed by atoms with E-state index in [2.05, 4.69) is 0 Å². The first-order chi connectivity index (χ1) is 5.70. The molecule has 1 rings (SSSR count). The summed E-state index contributed by atoms with van der Waals surface area (Å²) in [4.78, 5) is 11.2. The van der Waals surface area contributed by atoms with Gasteiger partial charge in [0.1, 0.15) is 0 Å². The van der Waals surface area contributed by atoms with Gasteiger partial charge in [0.15, 0.2) is 6.29 Å². The minimum atomic E-state index is 0.435. The van der Waals surface area contributed by atoms with Crippen LogP contribution in [0, 0.1) is 0 Å². The molecule has 0 aliphatic carbocycles. The highest BCUT2D eigenvalue weighted by molar-refractivity contribution is 7.98. The lowest BCUT2D eigenvalue weighted by Crippen LogP contribution is -1.85. The van der Waals surface area contributed by atoms with Gasteiger partial charge in [0.25, 0.3) is 0 Å². The van der Waals surface area contributed by atoms with Gasteiger partial charge in [0.2, 0.25) is 0 Å². The van der Waals surface area contributed by atoms with Gasteiger partial charge in [-0.15, -0.1) is 11.8 Å². The van der Waals surface area contributed by atoms with Crippen molar-refractivity contribution in [3.8, 4) is 0 Å². The lowest BCUT2D eigenvalue weighted by molar-refractivity contribution is 0.112. The minimum absolute atomic E-state index is 0.435. The fraction of sp³-hybridized carbons (Fsp3) is 0.125. The molecule has 0 saturated heterocycles. The van der Waals surface area contributed by atoms with E-state index >= 15 is 0 Å². The average molecular weight is 221 g/mol. The van der Waals surface area contributed by atoms with E-state index in [4.69, 9.17) is 23.2 Å². The normalized spacial score (nSPS) is 9.92. The van der Waals surface area contributed by atoms with Crippen molar-refractivity contribution in [3.05, 3.63) is 27.7 Å². The smallest absolute Gasteiger partial charge is 0.151 e. The zero-order valence-electron chi connectivity index (χ0n) is 6.30. The first-order valence-corrected chi connectivity index (χ1v) is 5.16. The maximum Gasteiger partial charge on any atom is 0.151 e. The Morgan fingerprint density at radius 3 is 2.58 bits per heavy atom. The van der Waals surface area contributed by atoms with Gasteiger partial charge in [-0.2, -0.15) is 0 Å². The molecular formula is C8H6Cl2OS. The number of carbonyl (C=O) groups is 1. The summed E-state index contributed by atoms with van der Waals surface area (Å²) < 4.78 is 0. The van der Waals surface area contributed by atoms with Gasteiger partial charge in [-0.05, 0) is 18.4 Å². The van der Waals surface area contributed by atoms with E-state index < -0.39 is 0 Å². The maximum atomic E-state index is 10.5. The Hall–Kier alpha value is -0.180. The highest BCUT2D eigenvalue weighted by Crippen LogP contribution is 2.34.